The summed E-state index contributed by atoms with van der Waals surface area (Å²) in [5.74, 6) is -0.592. The van der Waals surface area contributed by atoms with Crippen molar-refractivity contribution in [1.82, 2.24) is 10.2 Å². The number of rotatable bonds is 8. The van der Waals surface area contributed by atoms with Crippen molar-refractivity contribution < 1.29 is 14.5 Å². The average molecular weight is 458 g/mol. The number of carbonyl (C=O) groups is 2. The Morgan fingerprint density at radius 1 is 1.09 bits per heavy atom. The van der Waals surface area contributed by atoms with Crippen LogP contribution in [-0.2, 0) is 22.6 Å². The SMILES string of the molecule is C[C@H](C(=O)NC1CCCCC1)N(Cc1ccccc1Cl)C(=O)Cc1ccccc1[N+](=O)[O-]. The normalized spacial score (nSPS) is 15.1. The zero-order valence-corrected chi connectivity index (χ0v) is 18.9. The molecular formula is C24H28ClN3O4. The third-order valence-electron chi connectivity index (χ3n) is 5.95. The number of halogens is 1. The van der Waals surface area contributed by atoms with Crippen LogP contribution in [0.3, 0.4) is 0 Å². The Morgan fingerprint density at radius 3 is 2.38 bits per heavy atom. The number of para-hydroxylation sites is 1. The van der Waals surface area contributed by atoms with Gasteiger partial charge in [0, 0.05) is 29.2 Å². The lowest BCUT2D eigenvalue weighted by Gasteiger charge is -2.31. The Hall–Kier alpha value is -2.93. The highest BCUT2D eigenvalue weighted by atomic mass is 35.5. The van der Waals surface area contributed by atoms with Gasteiger partial charge in [-0.25, -0.2) is 0 Å². The van der Waals surface area contributed by atoms with Crippen molar-refractivity contribution in [2.24, 2.45) is 0 Å². The van der Waals surface area contributed by atoms with Gasteiger partial charge in [0.25, 0.3) is 5.69 Å². The lowest BCUT2D eigenvalue weighted by atomic mass is 9.95. The topological polar surface area (TPSA) is 92.6 Å². The number of hydrogen-bond donors (Lipinski definition) is 1. The maximum atomic E-state index is 13.3. The first kappa shape index (κ1) is 23.7. The third-order valence-corrected chi connectivity index (χ3v) is 6.32. The first-order valence-corrected chi connectivity index (χ1v) is 11.3. The number of nitrogens with one attached hydrogen (secondary N) is 1. The largest absolute Gasteiger partial charge is 0.352 e. The van der Waals surface area contributed by atoms with Gasteiger partial charge < -0.3 is 10.2 Å². The molecule has 0 aliphatic heterocycles. The lowest BCUT2D eigenvalue weighted by molar-refractivity contribution is -0.385. The van der Waals surface area contributed by atoms with Gasteiger partial charge in [-0.15, -0.1) is 0 Å². The van der Waals surface area contributed by atoms with Gasteiger partial charge in [-0.1, -0.05) is 67.3 Å². The molecule has 0 unspecified atom stereocenters. The van der Waals surface area contributed by atoms with Crippen LogP contribution in [0.15, 0.2) is 48.5 Å². The molecule has 1 atom stereocenters. The summed E-state index contributed by atoms with van der Waals surface area (Å²) in [5, 5.41) is 14.9. The van der Waals surface area contributed by atoms with Gasteiger partial charge in [0.05, 0.1) is 11.3 Å². The fraction of sp³-hybridized carbons (Fsp3) is 0.417. The molecule has 2 aromatic carbocycles. The average Bonchev–Trinajstić information content (AvgIpc) is 2.79. The van der Waals surface area contributed by atoms with Gasteiger partial charge in [-0.3, -0.25) is 19.7 Å². The molecule has 1 aliphatic carbocycles. The molecule has 1 N–H and O–H groups in total. The molecule has 170 valence electrons. The molecule has 2 aromatic rings. The van der Waals surface area contributed by atoms with E-state index in [0.29, 0.717) is 16.1 Å². The standard InChI is InChI=1S/C24H28ClN3O4/c1-17(24(30)26-20-11-3-2-4-12-20)27(16-19-10-5-7-13-21(19)25)23(29)15-18-9-6-8-14-22(18)28(31)32/h5-10,13-14,17,20H,2-4,11-12,15-16H2,1H3,(H,26,30)/t17-/m1/s1. The molecule has 2 amide bonds. The van der Waals surface area contributed by atoms with Crippen LogP contribution >= 0.6 is 11.6 Å². The molecule has 0 saturated heterocycles. The Bertz CT molecular complexity index is 975. The molecule has 0 spiro atoms. The summed E-state index contributed by atoms with van der Waals surface area (Å²) in [6.07, 6.45) is 5.04. The second-order valence-corrected chi connectivity index (χ2v) is 8.60. The van der Waals surface area contributed by atoms with Crippen molar-refractivity contribution in [3.05, 3.63) is 74.8 Å². The maximum Gasteiger partial charge on any atom is 0.273 e. The van der Waals surface area contributed by atoms with E-state index in [1.165, 1.54) is 17.4 Å². The highest BCUT2D eigenvalue weighted by Gasteiger charge is 2.29. The van der Waals surface area contributed by atoms with Crippen molar-refractivity contribution in [2.45, 2.75) is 64.1 Å². The quantitative estimate of drug-likeness (QED) is 0.461. The van der Waals surface area contributed by atoms with Crippen LogP contribution in [0.5, 0.6) is 0 Å². The van der Waals surface area contributed by atoms with E-state index in [0.717, 1.165) is 25.7 Å². The maximum absolute atomic E-state index is 13.3. The summed E-state index contributed by atoms with van der Waals surface area (Å²) < 4.78 is 0. The van der Waals surface area contributed by atoms with E-state index < -0.39 is 11.0 Å². The predicted octanol–water partition coefficient (Wildman–Crippen LogP) is 4.66. The lowest BCUT2D eigenvalue weighted by Crippen LogP contribution is -2.50. The van der Waals surface area contributed by atoms with Crippen LogP contribution in [0.1, 0.15) is 50.2 Å². The van der Waals surface area contributed by atoms with E-state index in [-0.39, 0.29) is 36.5 Å². The summed E-state index contributed by atoms with van der Waals surface area (Å²) >= 11 is 6.31. The molecular weight excluding hydrogens is 430 g/mol. The van der Waals surface area contributed by atoms with Gasteiger partial charge in [0.1, 0.15) is 6.04 Å². The van der Waals surface area contributed by atoms with Crippen molar-refractivity contribution >= 4 is 29.1 Å². The van der Waals surface area contributed by atoms with E-state index in [4.69, 9.17) is 11.6 Å². The first-order valence-electron chi connectivity index (χ1n) is 10.9. The number of carbonyl (C=O) groups excluding carboxylic acids is 2. The molecule has 0 aromatic heterocycles. The first-order chi connectivity index (χ1) is 15.4. The fourth-order valence-corrected chi connectivity index (χ4v) is 4.26. The Balaban J connectivity index is 1.82. The van der Waals surface area contributed by atoms with Crippen LogP contribution in [-0.4, -0.2) is 33.7 Å². The van der Waals surface area contributed by atoms with Crippen molar-refractivity contribution in [1.29, 1.82) is 0 Å². The third kappa shape index (κ3) is 6.07. The summed E-state index contributed by atoms with van der Waals surface area (Å²) in [6.45, 7) is 1.82. The number of nitro benzene ring substituents is 1. The van der Waals surface area contributed by atoms with E-state index in [1.54, 1.807) is 43.3 Å². The molecule has 3 rings (SSSR count). The number of benzene rings is 2. The molecule has 7 nitrogen and oxygen atoms in total. The van der Waals surface area contributed by atoms with E-state index in [1.807, 2.05) is 6.07 Å². The Kier molecular flexibility index (Phi) is 8.22. The molecule has 32 heavy (non-hydrogen) atoms. The number of hydrogen-bond acceptors (Lipinski definition) is 4. The summed E-state index contributed by atoms with van der Waals surface area (Å²) in [5.41, 5.74) is 0.909. The van der Waals surface area contributed by atoms with Crippen LogP contribution < -0.4 is 5.32 Å². The zero-order chi connectivity index (χ0) is 23.1. The van der Waals surface area contributed by atoms with Gasteiger partial charge in [0.2, 0.25) is 11.8 Å². The fourth-order valence-electron chi connectivity index (χ4n) is 4.06. The highest BCUT2D eigenvalue weighted by Crippen LogP contribution is 2.23. The summed E-state index contributed by atoms with van der Waals surface area (Å²) in [6, 6.07) is 12.7. The summed E-state index contributed by atoms with van der Waals surface area (Å²) in [7, 11) is 0. The number of amides is 2. The Morgan fingerprint density at radius 2 is 1.72 bits per heavy atom. The molecule has 1 aliphatic rings. The van der Waals surface area contributed by atoms with Gasteiger partial charge in [-0.2, -0.15) is 0 Å². The van der Waals surface area contributed by atoms with E-state index in [9.17, 15) is 19.7 Å². The monoisotopic (exact) mass is 457 g/mol. The van der Waals surface area contributed by atoms with Gasteiger partial charge in [0.15, 0.2) is 0 Å². The minimum atomic E-state index is -0.747. The minimum Gasteiger partial charge on any atom is -0.352 e. The number of nitrogens with zero attached hydrogens (tertiary/aromatic N) is 2. The molecule has 0 radical (unpaired) electrons. The Labute approximate surface area is 192 Å². The predicted molar refractivity (Wildman–Crippen MR) is 123 cm³/mol. The zero-order valence-electron chi connectivity index (χ0n) is 18.1. The molecule has 0 bridgehead atoms. The summed E-state index contributed by atoms with van der Waals surface area (Å²) in [4.78, 5) is 38.7. The van der Waals surface area contributed by atoms with Gasteiger partial charge >= 0.3 is 0 Å². The second kappa shape index (κ2) is 11.1. The van der Waals surface area contributed by atoms with Crippen molar-refractivity contribution in [3.8, 4) is 0 Å². The van der Waals surface area contributed by atoms with Crippen LogP contribution in [0.25, 0.3) is 0 Å². The highest BCUT2D eigenvalue weighted by molar-refractivity contribution is 6.31. The van der Waals surface area contributed by atoms with Crippen LogP contribution in [0.4, 0.5) is 5.69 Å². The van der Waals surface area contributed by atoms with Crippen LogP contribution in [0.2, 0.25) is 5.02 Å². The molecule has 8 heteroatoms. The van der Waals surface area contributed by atoms with Crippen LogP contribution in [0, 0.1) is 10.1 Å². The van der Waals surface area contributed by atoms with E-state index >= 15 is 0 Å². The molecule has 0 heterocycles. The molecule has 1 saturated carbocycles. The smallest absolute Gasteiger partial charge is 0.273 e. The molecule has 1 fully saturated rings. The van der Waals surface area contributed by atoms with Crippen molar-refractivity contribution in [3.63, 3.8) is 0 Å². The second-order valence-electron chi connectivity index (χ2n) is 8.20. The van der Waals surface area contributed by atoms with E-state index in [2.05, 4.69) is 5.32 Å². The van der Waals surface area contributed by atoms with Gasteiger partial charge in [-0.05, 0) is 31.4 Å². The number of nitro groups is 1. The van der Waals surface area contributed by atoms with Crippen molar-refractivity contribution in [2.75, 3.05) is 0 Å². The minimum absolute atomic E-state index is 0.113.